The monoisotopic (exact) mass is 320 g/mol. The van der Waals surface area contributed by atoms with E-state index in [1.807, 2.05) is 12.1 Å². The van der Waals surface area contributed by atoms with Crippen LogP contribution in [0.4, 0.5) is 0 Å². The Morgan fingerprint density at radius 2 is 1.86 bits per heavy atom. The molecule has 0 atom stereocenters. The predicted octanol–water partition coefficient (Wildman–Crippen LogP) is 3.03. The van der Waals surface area contributed by atoms with Crippen molar-refractivity contribution in [3.8, 4) is 6.07 Å². The molecule has 0 aliphatic rings. The van der Waals surface area contributed by atoms with Crippen LogP contribution in [0.5, 0.6) is 0 Å². The first-order valence-corrected chi connectivity index (χ1v) is 7.96. The van der Waals surface area contributed by atoms with Crippen molar-refractivity contribution in [3.05, 3.63) is 64.7 Å². The van der Waals surface area contributed by atoms with Crippen molar-refractivity contribution in [2.45, 2.75) is 11.4 Å². The minimum Gasteiger partial charge on any atom is -0.207 e. The van der Waals surface area contributed by atoms with Crippen LogP contribution in [-0.2, 0) is 16.6 Å². The van der Waals surface area contributed by atoms with E-state index in [1.165, 1.54) is 35.6 Å². The van der Waals surface area contributed by atoms with Gasteiger partial charge in [0, 0.05) is 18.6 Å². The average molecular weight is 321 g/mol. The van der Waals surface area contributed by atoms with Crippen molar-refractivity contribution in [2.75, 3.05) is 7.05 Å². The van der Waals surface area contributed by atoms with Gasteiger partial charge in [0.2, 0.25) is 10.0 Å². The molecule has 0 unspecified atom stereocenters. The van der Waals surface area contributed by atoms with E-state index in [1.54, 1.807) is 18.2 Å². The largest absolute Gasteiger partial charge is 0.243 e. The molecular weight excluding hydrogens is 308 g/mol. The zero-order chi connectivity index (χ0) is 15.5. The van der Waals surface area contributed by atoms with Crippen LogP contribution in [0, 0.1) is 11.3 Å². The zero-order valence-electron chi connectivity index (χ0n) is 11.3. The van der Waals surface area contributed by atoms with E-state index in [4.69, 9.17) is 16.9 Å². The van der Waals surface area contributed by atoms with Crippen molar-refractivity contribution in [3.63, 3.8) is 0 Å². The molecule has 0 fully saturated rings. The van der Waals surface area contributed by atoms with Gasteiger partial charge in [0.25, 0.3) is 0 Å². The van der Waals surface area contributed by atoms with E-state index in [9.17, 15) is 8.42 Å². The lowest BCUT2D eigenvalue weighted by molar-refractivity contribution is 0.467. The third-order valence-corrected chi connectivity index (χ3v) is 5.04. The lowest BCUT2D eigenvalue weighted by atomic mass is 10.2. The Balaban J connectivity index is 2.24. The van der Waals surface area contributed by atoms with Gasteiger partial charge in [-0.3, -0.25) is 0 Å². The van der Waals surface area contributed by atoms with Gasteiger partial charge in [0.05, 0.1) is 16.5 Å². The number of nitriles is 1. The molecule has 2 aromatic carbocycles. The maximum absolute atomic E-state index is 12.4. The second-order valence-corrected chi connectivity index (χ2v) is 7.01. The number of benzene rings is 2. The van der Waals surface area contributed by atoms with Crippen LogP contribution >= 0.6 is 11.6 Å². The summed E-state index contributed by atoms with van der Waals surface area (Å²) in [6, 6.07) is 14.9. The Kier molecular flexibility index (Phi) is 4.63. The summed E-state index contributed by atoms with van der Waals surface area (Å²) in [5, 5.41) is 9.31. The number of hydrogen-bond acceptors (Lipinski definition) is 3. The fraction of sp³-hybridized carbons (Fsp3) is 0.133. The maximum Gasteiger partial charge on any atom is 0.243 e. The lowest BCUT2D eigenvalue weighted by Crippen LogP contribution is -2.26. The number of rotatable bonds is 4. The van der Waals surface area contributed by atoms with Crippen molar-refractivity contribution in [2.24, 2.45) is 0 Å². The molecule has 0 saturated heterocycles. The summed E-state index contributed by atoms with van der Waals surface area (Å²) in [5.74, 6) is 0. The highest BCUT2D eigenvalue weighted by Crippen LogP contribution is 2.18. The average Bonchev–Trinajstić information content (AvgIpc) is 2.47. The molecule has 0 N–H and O–H groups in total. The molecule has 0 heterocycles. The van der Waals surface area contributed by atoms with E-state index in [2.05, 4.69) is 0 Å². The van der Waals surface area contributed by atoms with Gasteiger partial charge < -0.3 is 0 Å². The molecule has 0 spiro atoms. The molecular formula is C15H13ClN2O2S. The number of nitrogens with zero attached hydrogens (tertiary/aromatic N) is 2. The topological polar surface area (TPSA) is 61.2 Å². The van der Waals surface area contributed by atoms with Crippen LogP contribution in [0.15, 0.2) is 53.4 Å². The molecule has 0 radical (unpaired) electrons. The predicted molar refractivity (Wildman–Crippen MR) is 81.3 cm³/mol. The van der Waals surface area contributed by atoms with Crippen molar-refractivity contribution in [1.29, 1.82) is 5.26 Å². The Bertz CT molecular complexity index is 780. The fourth-order valence-corrected chi connectivity index (χ4v) is 3.23. The van der Waals surface area contributed by atoms with E-state index < -0.39 is 10.0 Å². The molecule has 0 bridgehead atoms. The van der Waals surface area contributed by atoms with Gasteiger partial charge in [0.15, 0.2) is 0 Å². The maximum atomic E-state index is 12.4. The number of hydrogen-bond donors (Lipinski definition) is 0. The molecule has 4 nitrogen and oxygen atoms in total. The molecule has 0 aromatic heterocycles. The summed E-state index contributed by atoms with van der Waals surface area (Å²) in [4.78, 5) is 0.158. The molecule has 6 heteroatoms. The van der Waals surface area contributed by atoms with Gasteiger partial charge in [-0.05, 0) is 42.0 Å². The highest BCUT2D eigenvalue weighted by atomic mass is 35.5. The van der Waals surface area contributed by atoms with E-state index >= 15 is 0 Å². The Hall–Kier alpha value is -1.87. The first kappa shape index (κ1) is 15.5. The second kappa shape index (κ2) is 6.27. The van der Waals surface area contributed by atoms with Gasteiger partial charge in [-0.1, -0.05) is 23.7 Å². The summed E-state index contributed by atoms with van der Waals surface area (Å²) < 4.78 is 26.1. The standard InChI is InChI=1S/C15H13ClN2O2S/c1-18(11-13-3-2-4-14(16)9-13)21(19,20)15-7-5-12(10-17)6-8-15/h2-9H,11H2,1H3. The highest BCUT2D eigenvalue weighted by molar-refractivity contribution is 7.89. The van der Waals surface area contributed by atoms with Crippen LogP contribution in [-0.4, -0.2) is 19.8 Å². The van der Waals surface area contributed by atoms with Gasteiger partial charge in [-0.15, -0.1) is 0 Å². The van der Waals surface area contributed by atoms with Gasteiger partial charge >= 0.3 is 0 Å². The molecule has 0 aliphatic heterocycles. The Labute approximate surface area is 129 Å². The normalized spacial score (nSPS) is 11.3. The lowest BCUT2D eigenvalue weighted by Gasteiger charge is -2.17. The number of sulfonamides is 1. The first-order chi connectivity index (χ1) is 9.93. The Morgan fingerprint density at radius 3 is 2.43 bits per heavy atom. The second-order valence-electron chi connectivity index (χ2n) is 4.53. The quantitative estimate of drug-likeness (QED) is 0.870. The first-order valence-electron chi connectivity index (χ1n) is 6.14. The van der Waals surface area contributed by atoms with Crippen molar-refractivity contribution in [1.82, 2.24) is 4.31 Å². The van der Waals surface area contributed by atoms with Gasteiger partial charge in [-0.25, -0.2) is 8.42 Å². The van der Waals surface area contributed by atoms with Crippen molar-refractivity contribution < 1.29 is 8.42 Å². The molecule has 108 valence electrons. The molecule has 0 aliphatic carbocycles. The third kappa shape index (κ3) is 3.61. The minimum atomic E-state index is -3.59. The Morgan fingerprint density at radius 1 is 1.19 bits per heavy atom. The van der Waals surface area contributed by atoms with Crippen LogP contribution < -0.4 is 0 Å². The van der Waals surface area contributed by atoms with Crippen LogP contribution in [0.25, 0.3) is 0 Å². The fourth-order valence-electron chi connectivity index (χ4n) is 1.86. The minimum absolute atomic E-state index is 0.158. The molecule has 0 amide bonds. The molecule has 2 aromatic rings. The third-order valence-electron chi connectivity index (χ3n) is 2.99. The summed E-state index contributed by atoms with van der Waals surface area (Å²) in [6.07, 6.45) is 0. The summed E-state index contributed by atoms with van der Waals surface area (Å²) in [5.41, 5.74) is 1.23. The summed E-state index contributed by atoms with van der Waals surface area (Å²) in [6.45, 7) is 0.225. The van der Waals surface area contributed by atoms with Crippen LogP contribution in [0.2, 0.25) is 5.02 Å². The van der Waals surface area contributed by atoms with Crippen LogP contribution in [0.3, 0.4) is 0 Å². The smallest absolute Gasteiger partial charge is 0.207 e. The zero-order valence-corrected chi connectivity index (χ0v) is 12.9. The van der Waals surface area contributed by atoms with E-state index in [0.29, 0.717) is 10.6 Å². The van der Waals surface area contributed by atoms with E-state index in [0.717, 1.165) is 5.56 Å². The molecule has 0 saturated carbocycles. The van der Waals surface area contributed by atoms with Crippen LogP contribution in [0.1, 0.15) is 11.1 Å². The molecule has 21 heavy (non-hydrogen) atoms. The van der Waals surface area contributed by atoms with E-state index in [-0.39, 0.29) is 11.4 Å². The number of halogens is 1. The summed E-state index contributed by atoms with van der Waals surface area (Å²) in [7, 11) is -2.09. The molecule has 2 rings (SSSR count). The SMILES string of the molecule is CN(Cc1cccc(Cl)c1)S(=O)(=O)c1ccc(C#N)cc1. The highest BCUT2D eigenvalue weighted by Gasteiger charge is 2.20. The van der Waals surface area contributed by atoms with Gasteiger partial charge in [-0.2, -0.15) is 9.57 Å². The van der Waals surface area contributed by atoms with Crippen molar-refractivity contribution >= 4 is 21.6 Å². The summed E-state index contributed by atoms with van der Waals surface area (Å²) >= 11 is 5.89. The van der Waals surface area contributed by atoms with Gasteiger partial charge in [0.1, 0.15) is 0 Å².